The minimum absolute atomic E-state index is 0.0375. The van der Waals surface area contributed by atoms with E-state index in [0.717, 1.165) is 12.1 Å². The van der Waals surface area contributed by atoms with Gasteiger partial charge in [-0.05, 0) is 50.6 Å². The number of ether oxygens (including phenoxy) is 1. The Bertz CT molecular complexity index is 1070. The Morgan fingerprint density at radius 3 is 2.44 bits per heavy atom. The number of nitrogens with zero attached hydrogens (tertiary/aromatic N) is 2. The van der Waals surface area contributed by atoms with Gasteiger partial charge in [-0.15, -0.1) is 0 Å². The van der Waals surface area contributed by atoms with Crippen molar-refractivity contribution in [3.63, 3.8) is 0 Å². The van der Waals surface area contributed by atoms with Crippen LogP contribution < -0.4 is 5.32 Å². The lowest BCUT2D eigenvalue weighted by Crippen LogP contribution is -2.48. The van der Waals surface area contributed by atoms with Crippen molar-refractivity contribution in [1.82, 2.24) is 9.21 Å². The molecule has 4 rings (SSSR count). The van der Waals surface area contributed by atoms with Crippen LogP contribution in [0.2, 0.25) is 5.02 Å². The zero-order valence-electron chi connectivity index (χ0n) is 18.2. The Labute approximate surface area is 194 Å². The molecule has 0 spiro atoms. The summed E-state index contributed by atoms with van der Waals surface area (Å²) in [5.41, 5.74) is 1.34. The number of hydrogen-bond donors (Lipinski definition) is 1. The number of halogens is 1. The fourth-order valence-corrected chi connectivity index (χ4v) is 6.41. The van der Waals surface area contributed by atoms with Gasteiger partial charge in [0.05, 0.1) is 17.2 Å². The Kier molecular flexibility index (Phi) is 6.76. The average Bonchev–Trinajstić information content (AvgIpc) is 3.22. The lowest BCUT2D eigenvalue weighted by Gasteiger charge is -2.34. The summed E-state index contributed by atoms with van der Waals surface area (Å²) in [5.74, 6) is -0.195. The van der Waals surface area contributed by atoms with E-state index in [9.17, 15) is 13.2 Å². The van der Waals surface area contributed by atoms with Gasteiger partial charge < -0.3 is 15.0 Å². The lowest BCUT2D eigenvalue weighted by atomic mass is 10.2. The van der Waals surface area contributed by atoms with E-state index < -0.39 is 10.0 Å². The summed E-state index contributed by atoms with van der Waals surface area (Å²) in [6.07, 6.45) is 0.398. The van der Waals surface area contributed by atoms with E-state index in [2.05, 4.69) is 5.32 Å². The highest BCUT2D eigenvalue weighted by molar-refractivity contribution is 7.89. The second-order valence-electron chi connectivity index (χ2n) is 8.47. The van der Waals surface area contributed by atoms with Gasteiger partial charge in [0.1, 0.15) is 4.90 Å². The molecule has 2 fully saturated rings. The lowest BCUT2D eigenvalue weighted by molar-refractivity contribution is -0.0440. The van der Waals surface area contributed by atoms with Gasteiger partial charge in [-0.3, -0.25) is 4.79 Å². The number of rotatable bonds is 5. The van der Waals surface area contributed by atoms with Crippen LogP contribution in [0, 0.1) is 0 Å². The van der Waals surface area contributed by atoms with E-state index in [4.69, 9.17) is 16.3 Å². The molecule has 2 saturated heterocycles. The van der Waals surface area contributed by atoms with Crippen LogP contribution in [0.25, 0.3) is 0 Å². The number of anilines is 1. The Morgan fingerprint density at radius 1 is 1.06 bits per heavy atom. The van der Waals surface area contributed by atoms with E-state index >= 15 is 0 Å². The van der Waals surface area contributed by atoms with E-state index in [1.54, 1.807) is 11.0 Å². The molecular weight excluding hydrogens is 450 g/mol. The van der Waals surface area contributed by atoms with E-state index in [1.165, 1.54) is 16.4 Å². The van der Waals surface area contributed by atoms with Crippen LogP contribution in [0.5, 0.6) is 0 Å². The molecule has 2 heterocycles. The third-order valence-corrected chi connectivity index (χ3v) is 8.12. The molecule has 1 N–H and O–H groups in total. The average molecular weight is 478 g/mol. The summed E-state index contributed by atoms with van der Waals surface area (Å²) in [6.45, 7) is 5.34. The smallest absolute Gasteiger partial charge is 0.253 e. The first-order valence-corrected chi connectivity index (χ1v) is 12.6. The molecule has 2 aromatic rings. The number of carbonyl (C=O) groups excluding carboxylic acids is 1. The molecule has 0 bridgehead atoms. The van der Waals surface area contributed by atoms with Crippen molar-refractivity contribution in [2.75, 3.05) is 31.5 Å². The first kappa shape index (κ1) is 23.0. The topological polar surface area (TPSA) is 79.0 Å². The summed E-state index contributed by atoms with van der Waals surface area (Å²) in [6, 6.07) is 14.5. The maximum Gasteiger partial charge on any atom is 0.253 e. The summed E-state index contributed by atoms with van der Waals surface area (Å²) in [5, 5.41) is 3.55. The number of sulfonamides is 1. The van der Waals surface area contributed by atoms with Gasteiger partial charge >= 0.3 is 0 Å². The Morgan fingerprint density at radius 2 is 1.75 bits per heavy atom. The number of benzene rings is 2. The van der Waals surface area contributed by atoms with Crippen LogP contribution in [0.3, 0.4) is 0 Å². The van der Waals surface area contributed by atoms with Crippen molar-refractivity contribution in [2.24, 2.45) is 0 Å². The van der Waals surface area contributed by atoms with Gasteiger partial charge in [-0.2, -0.15) is 4.31 Å². The zero-order valence-corrected chi connectivity index (χ0v) is 19.8. The second kappa shape index (κ2) is 9.39. The van der Waals surface area contributed by atoms with Crippen molar-refractivity contribution >= 4 is 33.2 Å². The highest BCUT2D eigenvalue weighted by Gasteiger charge is 2.34. The minimum Gasteiger partial charge on any atom is -0.380 e. The van der Waals surface area contributed by atoms with E-state index in [0.29, 0.717) is 18.7 Å². The predicted octanol–water partition coefficient (Wildman–Crippen LogP) is 3.46. The summed E-state index contributed by atoms with van der Waals surface area (Å²) in [7, 11) is -3.85. The molecule has 0 saturated carbocycles. The standard InChI is InChI=1S/C23H28ClN3O4S/c1-16-13-27(14-17(2)31-16)32(29,30)22-12-18(8-9-21(22)24)23(28)26-11-10-20(15-26)25-19-6-4-3-5-7-19/h3-9,12,16-17,20,25H,10-11,13-15H2,1-2H3. The first-order valence-electron chi connectivity index (χ1n) is 10.8. The summed E-state index contributed by atoms with van der Waals surface area (Å²) in [4.78, 5) is 14.9. The number of para-hydroxylation sites is 1. The quantitative estimate of drug-likeness (QED) is 0.713. The van der Waals surface area contributed by atoms with Crippen molar-refractivity contribution < 1.29 is 17.9 Å². The molecule has 2 aliphatic rings. The normalized spacial score (nSPS) is 24.5. The maximum atomic E-state index is 13.3. The third kappa shape index (κ3) is 4.93. The number of morpholine rings is 1. The molecule has 0 aromatic heterocycles. The van der Waals surface area contributed by atoms with Crippen LogP contribution >= 0.6 is 11.6 Å². The molecule has 7 nitrogen and oxygen atoms in total. The molecule has 2 aliphatic heterocycles. The van der Waals surface area contributed by atoms with Gasteiger partial charge in [0, 0.05) is 43.5 Å². The number of amides is 1. The highest BCUT2D eigenvalue weighted by Crippen LogP contribution is 2.29. The number of likely N-dealkylation sites (tertiary alicyclic amines) is 1. The second-order valence-corrected chi connectivity index (χ2v) is 10.8. The molecule has 172 valence electrons. The van der Waals surface area contributed by atoms with Crippen LogP contribution in [-0.4, -0.2) is 68.0 Å². The zero-order chi connectivity index (χ0) is 22.9. The van der Waals surface area contributed by atoms with Crippen molar-refractivity contribution in [2.45, 2.75) is 43.4 Å². The molecule has 2 aromatic carbocycles. The van der Waals surface area contributed by atoms with E-state index in [1.807, 2.05) is 44.2 Å². The Balaban J connectivity index is 1.50. The van der Waals surface area contributed by atoms with Crippen LogP contribution in [0.4, 0.5) is 5.69 Å². The fourth-order valence-electron chi connectivity index (χ4n) is 4.32. The van der Waals surface area contributed by atoms with E-state index in [-0.39, 0.29) is 47.2 Å². The highest BCUT2D eigenvalue weighted by atomic mass is 35.5. The van der Waals surface area contributed by atoms with Gasteiger partial charge in [-0.25, -0.2) is 8.42 Å². The largest absolute Gasteiger partial charge is 0.380 e. The van der Waals surface area contributed by atoms with Gasteiger partial charge in [-0.1, -0.05) is 29.8 Å². The third-order valence-electron chi connectivity index (χ3n) is 5.80. The SMILES string of the molecule is CC1CN(S(=O)(=O)c2cc(C(=O)N3CCC(Nc4ccccc4)C3)ccc2Cl)CC(C)O1. The monoisotopic (exact) mass is 477 g/mol. The molecular formula is C23H28ClN3O4S. The molecule has 9 heteroatoms. The summed E-state index contributed by atoms with van der Waals surface area (Å²) < 4.78 is 33.6. The van der Waals surface area contributed by atoms with Gasteiger partial charge in [0.15, 0.2) is 0 Å². The predicted molar refractivity (Wildman–Crippen MR) is 125 cm³/mol. The molecule has 0 radical (unpaired) electrons. The van der Waals surface area contributed by atoms with Crippen molar-refractivity contribution in [3.05, 3.63) is 59.1 Å². The molecule has 3 unspecified atom stereocenters. The van der Waals surface area contributed by atoms with Gasteiger partial charge in [0.2, 0.25) is 10.0 Å². The number of carbonyl (C=O) groups is 1. The molecule has 0 aliphatic carbocycles. The van der Waals surface area contributed by atoms with Crippen LogP contribution in [-0.2, 0) is 14.8 Å². The summed E-state index contributed by atoms with van der Waals surface area (Å²) >= 11 is 6.28. The van der Waals surface area contributed by atoms with Crippen molar-refractivity contribution in [1.29, 1.82) is 0 Å². The molecule has 32 heavy (non-hydrogen) atoms. The fraction of sp³-hybridized carbons (Fsp3) is 0.435. The minimum atomic E-state index is -3.85. The van der Waals surface area contributed by atoms with Crippen molar-refractivity contribution in [3.8, 4) is 0 Å². The van der Waals surface area contributed by atoms with Crippen LogP contribution in [0.15, 0.2) is 53.4 Å². The number of nitrogens with one attached hydrogen (secondary N) is 1. The Hall–Kier alpha value is -2.13. The first-order chi connectivity index (χ1) is 15.2. The molecule has 3 atom stereocenters. The van der Waals surface area contributed by atoms with Gasteiger partial charge in [0.25, 0.3) is 5.91 Å². The molecule has 1 amide bonds. The van der Waals surface area contributed by atoms with Crippen LogP contribution in [0.1, 0.15) is 30.6 Å². The maximum absolute atomic E-state index is 13.3. The number of hydrogen-bond acceptors (Lipinski definition) is 5.